The van der Waals surface area contributed by atoms with Crippen LogP contribution in [0.15, 0.2) is 60.4 Å². The van der Waals surface area contributed by atoms with Gasteiger partial charge in [0, 0.05) is 6.08 Å². The number of hydrogen-bond acceptors (Lipinski definition) is 11. The molecule has 1 aliphatic heterocycles. The number of phenolic OH excluding ortho intramolecular Hbond substituents is 1. The van der Waals surface area contributed by atoms with Crippen molar-refractivity contribution in [1.29, 1.82) is 0 Å². The average molecular weight is 545 g/mol. The van der Waals surface area contributed by atoms with E-state index in [4.69, 9.17) is 18.9 Å². The fourth-order valence-corrected chi connectivity index (χ4v) is 3.56. The number of carboxylic acid groups (broad SMARTS) is 1. The summed E-state index contributed by atoms with van der Waals surface area (Å²) < 4.78 is 20.9. The molecule has 1 fully saturated rings. The van der Waals surface area contributed by atoms with E-state index in [1.165, 1.54) is 62.8 Å². The first-order valence-electron chi connectivity index (χ1n) is 11.5. The molecule has 2 aromatic rings. The van der Waals surface area contributed by atoms with Gasteiger partial charge in [0.05, 0.1) is 14.2 Å². The van der Waals surface area contributed by atoms with E-state index in [0.717, 1.165) is 6.08 Å². The largest absolute Gasteiger partial charge is 0.508 e. The molecule has 0 aromatic heterocycles. The van der Waals surface area contributed by atoms with E-state index >= 15 is 0 Å². The minimum Gasteiger partial charge on any atom is -0.508 e. The first-order valence-corrected chi connectivity index (χ1v) is 11.5. The molecule has 0 saturated carbocycles. The molecule has 1 aliphatic rings. The highest BCUT2D eigenvalue weighted by atomic mass is 16.7. The van der Waals surface area contributed by atoms with Crippen molar-refractivity contribution in [1.82, 2.24) is 0 Å². The van der Waals surface area contributed by atoms with Crippen LogP contribution in [-0.4, -0.2) is 87.3 Å². The summed E-state index contributed by atoms with van der Waals surface area (Å²) in [6.45, 7) is 0. The van der Waals surface area contributed by atoms with E-state index in [1.807, 2.05) is 0 Å². The van der Waals surface area contributed by atoms with Crippen LogP contribution in [0.3, 0.4) is 0 Å². The number of carboxylic acids is 1. The molecule has 1 heterocycles. The maximum absolute atomic E-state index is 12.2. The summed E-state index contributed by atoms with van der Waals surface area (Å²) in [4.78, 5) is 23.4. The number of ether oxygens (including phenoxy) is 4. The Morgan fingerprint density at radius 1 is 0.821 bits per heavy atom. The predicted octanol–water partition coefficient (Wildman–Crippen LogP) is 1.42. The quantitative estimate of drug-likeness (QED) is 0.143. The van der Waals surface area contributed by atoms with Gasteiger partial charge >= 0.3 is 5.97 Å². The minimum atomic E-state index is -1.86. The van der Waals surface area contributed by atoms with E-state index in [9.17, 15) is 40.2 Å². The van der Waals surface area contributed by atoms with Crippen LogP contribution in [0.5, 0.6) is 23.0 Å². The van der Waals surface area contributed by atoms with Gasteiger partial charge in [0.15, 0.2) is 34.9 Å². The van der Waals surface area contributed by atoms with Crippen LogP contribution in [0.2, 0.25) is 0 Å². The maximum atomic E-state index is 12.2. The molecule has 12 heteroatoms. The van der Waals surface area contributed by atoms with Crippen LogP contribution in [0, 0.1) is 0 Å². The number of allylic oxidation sites excluding steroid dienone is 3. The molecule has 1 saturated heterocycles. The predicted molar refractivity (Wildman–Crippen MR) is 136 cm³/mol. The smallest absolute Gasteiger partial charge is 0.335 e. The van der Waals surface area contributed by atoms with E-state index in [2.05, 4.69) is 0 Å². The molecule has 5 atom stereocenters. The fourth-order valence-electron chi connectivity index (χ4n) is 3.56. The van der Waals surface area contributed by atoms with E-state index in [-0.39, 0.29) is 28.8 Å². The highest BCUT2D eigenvalue weighted by molar-refractivity contribution is 6.02. The van der Waals surface area contributed by atoms with E-state index in [0.29, 0.717) is 11.1 Å². The number of carbonyl (C=O) groups excluding carboxylic acids is 1. The standard InChI is InChI=1S/C27H28O12/c1-36-20-11-14(5-9-18(20)30)3-7-16(28)13-17(29)8-4-15-6-10-19(21(12-15)37-2)38-27-24(33)22(31)23(32)25(39-27)26(34)35/h3-13,22-25,27,29-33H,1-2H3,(H,34,35)/b7-3+,8-4+,17-13?/t22-,23-,24+,25-,27+/m0/s1. The molecule has 6 N–H and O–H groups in total. The van der Waals surface area contributed by atoms with Gasteiger partial charge in [-0.15, -0.1) is 0 Å². The Morgan fingerprint density at radius 2 is 1.44 bits per heavy atom. The molecule has 2 aromatic carbocycles. The normalized spacial score (nSPS) is 23.6. The SMILES string of the molecule is COc1cc(/C=C/C(=O)C=C(O)/C=C/c2ccc(O[C@@H]3O[C@H](C(=O)O)[C@@H](O)[C@H](O)[C@H]3O)c(OC)c2)ccc1O. The van der Waals surface area contributed by atoms with Crippen molar-refractivity contribution < 1.29 is 59.2 Å². The number of aliphatic hydroxyl groups excluding tert-OH is 4. The van der Waals surface area contributed by atoms with Gasteiger partial charge in [0.25, 0.3) is 0 Å². The van der Waals surface area contributed by atoms with Crippen LogP contribution < -0.4 is 14.2 Å². The Balaban J connectivity index is 1.68. The molecule has 208 valence electrons. The van der Waals surface area contributed by atoms with Gasteiger partial charge < -0.3 is 49.6 Å². The Hall–Kier alpha value is -4.36. The zero-order valence-corrected chi connectivity index (χ0v) is 20.9. The Labute approximate surface area is 222 Å². The molecule has 0 unspecified atom stereocenters. The second kappa shape index (κ2) is 12.9. The second-order valence-electron chi connectivity index (χ2n) is 8.33. The molecule has 12 nitrogen and oxygen atoms in total. The summed E-state index contributed by atoms with van der Waals surface area (Å²) in [5.74, 6) is -1.98. The summed E-state index contributed by atoms with van der Waals surface area (Å²) >= 11 is 0. The van der Waals surface area contributed by atoms with Gasteiger partial charge in [-0.25, -0.2) is 4.79 Å². The summed E-state index contributed by atoms with van der Waals surface area (Å²) in [5.41, 5.74) is 1.12. The lowest BCUT2D eigenvalue weighted by molar-refractivity contribution is -0.271. The third-order valence-corrected chi connectivity index (χ3v) is 5.62. The lowest BCUT2D eigenvalue weighted by atomic mass is 9.99. The molecular formula is C27H28O12. The Kier molecular flexibility index (Phi) is 9.68. The molecule has 0 spiro atoms. The lowest BCUT2D eigenvalue weighted by Gasteiger charge is -2.38. The average Bonchev–Trinajstić information content (AvgIpc) is 2.91. The zero-order valence-electron chi connectivity index (χ0n) is 20.9. The summed E-state index contributed by atoms with van der Waals surface area (Å²) in [5, 5.41) is 58.8. The minimum absolute atomic E-state index is 0.0368. The van der Waals surface area contributed by atoms with Gasteiger partial charge in [-0.2, -0.15) is 0 Å². The van der Waals surface area contributed by atoms with E-state index < -0.39 is 42.5 Å². The zero-order chi connectivity index (χ0) is 28.7. The van der Waals surface area contributed by atoms with Crippen LogP contribution in [-0.2, 0) is 14.3 Å². The van der Waals surface area contributed by atoms with Gasteiger partial charge in [0.2, 0.25) is 6.29 Å². The van der Waals surface area contributed by atoms with E-state index in [1.54, 1.807) is 12.1 Å². The molecule has 0 aliphatic carbocycles. The number of methoxy groups -OCH3 is 2. The van der Waals surface area contributed by atoms with Gasteiger partial charge in [-0.05, 0) is 47.5 Å². The first kappa shape index (κ1) is 29.2. The van der Waals surface area contributed by atoms with Gasteiger partial charge in [-0.1, -0.05) is 24.3 Å². The fraction of sp³-hybridized carbons (Fsp3) is 0.259. The molecule has 39 heavy (non-hydrogen) atoms. The third kappa shape index (κ3) is 7.36. The number of phenols is 1. The second-order valence-corrected chi connectivity index (χ2v) is 8.33. The molecule has 0 amide bonds. The summed E-state index contributed by atoms with van der Waals surface area (Å²) in [6.07, 6.45) is -2.39. The van der Waals surface area contributed by atoms with Crippen molar-refractivity contribution in [2.24, 2.45) is 0 Å². The number of aliphatic carboxylic acids is 1. The highest BCUT2D eigenvalue weighted by Gasteiger charge is 2.48. The molecular weight excluding hydrogens is 516 g/mol. The monoisotopic (exact) mass is 544 g/mol. The van der Waals surface area contributed by atoms with Crippen LogP contribution in [0.1, 0.15) is 11.1 Å². The van der Waals surface area contributed by atoms with Gasteiger partial charge in [-0.3, -0.25) is 4.79 Å². The Bertz CT molecular complexity index is 1280. The highest BCUT2D eigenvalue weighted by Crippen LogP contribution is 2.32. The van der Waals surface area contributed by atoms with Crippen molar-refractivity contribution in [2.45, 2.75) is 30.7 Å². The van der Waals surface area contributed by atoms with Gasteiger partial charge in [0.1, 0.15) is 24.1 Å². The first-order chi connectivity index (χ1) is 18.5. The van der Waals surface area contributed by atoms with Crippen LogP contribution in [0.4, 0.5) is 0 Å². The summed E-state index contributed by atoms with van der Waals surface area (Å²) in [7, 11) is 2.73. The number of aliphatic hydroxyl groups is 4. The number of aromatic hydroxyl groups is 1. The Morgan fingerprint density at radius 3 is 2.08 bits per heavy atom. The maximum Gasteiger partial charge on any atom is 0.335 e. The lowest BCUT2D eigenvalue weighted by Crippen LogP contribution is -2.61. The van der Waals surface area contributed by atoms with Crippen molar-refractivity contribution in [2.75, 3.05) is 14.2 Å². The number of rotatable bonds is 10. The molecule has 3 rings (SSSR count). The number of carbonyl (C=O) groups is 2. The topological polar surface area (TPSA) is 192 Å². The number of ketones is 1. The number of benzene rings is 2. The molecule has 0 radical (unpaired) electrons. The van der Waals surface area contributed by atoms with Crippen molar-refractivity contribution in [3.63, 3.8) is 0 Å². The van der Waals surface area contributed by atoms with Crippen LogP contribution in [0.25, 0.3) is 12.2 Å². The van der Waals surface area contributed by atoms with Crippen molar-refractivity contribution >= 4 is 23.9 Å². The van der Waals surface area contributed by atoms with Crippen molar-refractivity contribution in [3.8, 4) is 23.0 Å². The molecule has 0 bridgehead atoms. The van der Waals surface area contributed by atoms with Crippen molar-refractivity contribution in [3.05, 3.63) is 71.5 Å². The number of hydrogen-bond donors (Lipinski definition) is 6. The third-order valence-electron chi connectivity index (χ3n) is 5.62. The summed E-state index contributed by atoms with van der Waals surface area (Å²) in [6, 6.07) is 9.01. The van der Waals surface area contributed by atoms with Crippen LogP contribution >= 0.6 is 0 Å².